The first-order chi connectivity index (χ1) is 5.93. The third-order valence-corrected chi connectivity index (χ3v) is 1.65. The number of hydrogen-bond donors (Lipinski definition) is 0. The molecular formula is C7H3BClF3N-. The van der Waals surface area contributed by atoms with Gasteiger partial charge in [0, 0.05) is 5.02 Å². The van der Waals surface area contributed by atoms with Gasteiger partial charge in [-0.15, -0.1) is 5.46 Å². The van der Waals surface area contributed by atoms with Crippen LogP contribution in [0.15, 0.2) is 18.2 Å². The molecule has 0 radical (unpaired) electrons. The summed E-state index contributed by atoms with van der Waals surface area (Å²) in [6.45, 7) is -5.09. The van der Waals surface area contributed by atoms with E-state index < -0.39 is 12.4 Å². The van der Waals surface area contributed by atoms with Gasteiger partial charge >= 0.3 is 6.98 Å². The van der Waals surface area contributed by atoms with Crippen LogP contribution in [0.1, 0.15) is 5.56 Å². The van der Waals surface area contributed by atoms with E-state index in [0.29, 0.717) is 0 Å². The standard InChI is InChI=1S/C7H3BClF3N/c9-7-2-5(4-13)1-6(3-7)8(10,11)12/h1-3H/q-1. The Morgan fingerprint density at radius 3 is 2.31 bits per heavy atom. The number of rotatable bonds is 1. The Morgan fingerprint density at radius 1 is 1.23 bits per heavy atom. The van der Waals surface area contributed by atoms with Gasteiger partial charge in [-0.2, -0.15) is 5.26 Å². The molecule has 0 unspecified atom stereocenters. The number of nitrogens with zero attached hydrogens (tertiary/aromatic N) is 1. The van der Waals surface area contributed by atoms with E-state index in [4.69, 9.17) is 16.9 Å². The first-order valence-electron chi connectivity index (χ1n) is 3.34. The first-order valence-corrected chi connectivity index (χ1v) is 3.72. The lowest BCUT2D eigenvalue weighted by Gasteiger charge is -2.14. The van der Waals surface area contributed by atoms with Crippen LogP contribution in [-0.2, 0) is 0 Å². The van der Waals surface area contributed by atoms with Crippen LogP contribution in [-0.4, -0.2) is 6.98 Å². The van der Waals surface area contributed by atoms with E-state index in [-0.39, 0.29) is 10.6 Å². The molecule has 0 bridgehead atoms. The van der Waals surface area contributed by atoms with Gasteiger partial charge in [-0.3, -0.25) is 0 Å². The Morgan fingerprint density at radius 2 is 1.85 bits per heavy atom. The highest BCUT2D eigenvalue weighted by Gasteiger charge is 2.26. The van der Waals surface area contributed by atoms with Gasteiger partial charge in [0.05, 0.1) is 11.6 Å². The molecule has 0 aromatic heterocycles. The molecule has 0 heterocycles. The monoisotopic (exact) mass is 204 g/mol. The van der Waals surface area contributed by atoms with Crippen molar-refractivity contribution in [2.75, 3.05) is 0 Å². The number of benzene rings is 1. The maximum atomic E-state index is 12.2. The van der Waals surface area contributed by atoms with Crippen LogP contribution in [0.2, 0.25) is 5.02 Å². The molecule has 0 amide bonds. The smallest absolute Gasteiger partial charge is 0.445 e. The molecule has 0 spiro atoms. The van der Waals surface area contributed by atoms with E-state index in [9.17, 15) is 12.9 Å². The van der Waals surface area contributed by atoms with Crippen molar-refractivity contribution >= 4 is 24.0 Å². The summed E-state index contributed by atoms with van der Waals surface area (Å²) in [5.41, 5.74) is -0.925. The average Bonchev–Trinajstić information content (AvgIpc) is 2.01. The summed E-state index contributed by atoms with van der Waals surface area (Å²) in [7, 11) is 0. The molecule has 0 N–H and O–H groups in total. The second-order valence-corrected chi connectivity index (χ2v) is 2.90. The number of halogens is 4. The zero-order chi connectivity index (χ0) is 10.1. The summed E-state index contributed by atoms with van der Waals surface area (Å²) in [6.07, 6.45) is 0. The fraction of sp³-hybridized carbons (Fsp3) is 0. The second-order valence-electron chi connectivity index (χ2n) is 2.46. The van der Waals surface area contributed by atoms with Crippen molar-refractivity contribution in [1.82, 2.24) is 0 Å². The van der Waals surface area contributed by atoms with Gasteiger partial charge in [0.25, 0.3) is 0 Å². The third kappa shape index (κ3) is 2.39. The molecule has 0 atom stereocenters. The molecular weight excluding hydrogens is 201 g/mol. The minimum Gasteiger partial charge on any atom is -0.445 e. The van der Waals surface area contributed by atoms with Crippen LogP contribution in [0.4, 0.5) is 12.9 Å². The van der Waals surface area contributed by atoms with Crippen LogP contribution < -0.4 is 5.46 Å². The summed E-state index contributed by atoms with van der Waals surface area (Å²) in [5, 5.41) is 8.31. The lowest BCUT2D eigenvalue weighted by Crippen LogP contribution is -2.34. The highest BCUT2D eigenvalue weighted by molar-refractivity contribution is 6.73. The summed E-state index contributed by atoms with van der Waals surface area (Å²) >= 11 is 5.39. The highest BCUT2D eigenvalue weighted by atomic mass is 35.5. The van der Waals surface area contributed by atoms with Gasteiger partial charge in [-0.1, -0.05) is 23.7 Å². The third-order valence-electron chi connectivity index (χ3n) is 1.43. The molecule has 0 aliphatic rings. The lowest BCUT2D eigenvalue weighted by molar-refractivity contribution is 0.501. The zero-order valence-electron chi connectivity index (χ0n) is 6.27. The van der Waals surface area contributed by atoms with Gasteiger partial charge < -0.3 is 12.9 Å². The van der Waals surface area contributed by atoms with Crippen molar-refractivity contribution in [2.24, 2.45) is 0 Å². The van der Waals surface area contributed by atoms with E-state index in [1.54, 1.807) is 6.07 Å². The van der Waals surface area contributed by atoms with Crippen molar-refractivity contribution in [3.63, 3.8) is 0 Å². The Labute approximate surface area is 77.8 Å². The molecule has 1 rings (SSSR count). The summed E-state index contributed by atoms with van der Waals surface area (Å²) in [6, 6.07) is 4.38. The summed E-state index contributed by atoms with van der Waals surface area (Å²) in [5.74, 6) is 0. The van der Waals surface area contributed by atoms with Crippen LogP contribution >= 0.6 is 11.6 Å². The maximum Gasteiger partial charge on any atom is 0.509 e. The Bertz CT molecular complexity index is 369. The summed E-state index contributed by atoms with van der Waals surface area (Å²) < 4.78 is 36.5. The fourth-order valence-electron chi connectivity index (χ4n) is 0.866. The quantitative estimate of drug-likeness (QED) is 0.644. The molecule has 13 heavy (non-hydrogen) atoms. The molecule has 0 fully saturated rings. The summed E-state index contributed by atoms with van der Waals surface area (Å²) in [4.78, 5) is 0. The van der Waals surface area contributed by atoms with Crippen molar-refractivity contribution in [3.8, 4) is 6.07 Å². The lowest BCUT2D eigenvalue weighted by atomic mass is 9.79. The minimum atomic E-state index is -5.09. The first kappa shape index (κ1) is 9.94. The van der Waals surface area contributed by atoms with E-state index in [1.807, 2.05) is 0 Å². The Balaban J connectivity index is 3.26. The highest BCUT2D eigenvalue weighted by Crippen LogP contribution is 2.15. The van der Waals surface area contributed by atoms with Gasteiger partial charge in [-0.25, -0.2) is 0 Å². The van der Waals surface area contributed by atoms with Gasteiger partial charge in [-0.05, 0) is 6.07 Å². The molecule has 68 valence electrons. The molecule has 0 aliphatic heterocycles. The fourth-order valence-corrected chi connectivity index (χ4v) is 1.11. The van der Waals surface area contributed by atoms with Crippen molar-refractivity contribution < 1.29 is 12.9 Å². The maximum absolute atomic E-state index is 12.2. The van der Waals surface area contributed by atoms with E-state index in [2.05, 4.69) is 0 Å². The van der Waals surface area contributed by atoms with Gasteiger partial charge in [0.1, 0.15) is 0 Å². The van der Waals surface area contributed by atoms with Crippen LogP contribution in [0.5, 0.6) is 0 Å². The van der Waals surface area contributed by atoms with Gasteiger partial charge in [0.15, 0.2) is 0 Å². The number of nitriles is 1. The topological polar surface area (TPSA) is 23.8 Å². The van der Waals surface area contributed by atoms with Crippen LogP contribution in [0, 0.1) is 11.3 Å². The van der Waals surface area contributed by atoms with E-state index >= 15 is 0 Å². The molecule has 1 aromatic rings. The zero-order valence-corrected chi connectivity index (χ0v) is 7.02. The van der Waals surface area contributed by atoms with Crippen LogP contribution in [0.25, 0.3) is 0 Å². The van der Waals surface area contributed by atoms with Crippen molar-refractivity contribution in [1.29, 1.82) is 5.26 Å². The number of hydrogen-bond acceptors (Lipinski definition) is 1. The van der Waals surface area contributed by atoms with Crippen LogP contribution in [0.3, 0.4) is 0 Å². The molecule has 6 heteroatoms. The normalized spacial score (nSPS) is 11.0. The van der Waals surface area contributed by atoms with Crippen molar-refractivity contribution in [3.05, 3.63) is 28.8 Å². The molecule has 0 saturated carbocycles. The largest absolute Gasteiger partial charge is 0.509 e. The molecule has 0 aliphatic carbocycles. The Kier molecular flexibility index (Phi) is 2.53. The molecule has 0 saturated heterocycles. The Hall–Kier alpha value is -1.15. The average molecular weight is 204 g/mol. The SMILES string of the molecule is N#Cc1cc(Cl)cc([B-](F)(F)F)c1. The predicted octanol–water partition coefficient (Wildman–Crippen LogP) is 2.27. The second kappa shape index (κ2) is 3.31. The molecule has 1 nitrogen and oxygen atoms in total. The minimum absolute atomic E-state index is 0.0757. The van der Waals surface area contributed by atoms with E-state index in [1.165, 1.54) is 6.07 Å². The van der Waals surface area contributed by atoms with Crippen molar-refractivity contribution in [2.45, 2.75) is 0 Å². The van der Waals surface area contributed by atoms with Gasteiger partial charge in [0.2, 0.25) is 0 Å². The predicted molar refractivity (Wildman–Crippen MR) is 44.9 cm³/mol. The van der Waals surface area contributed by atoms with E-state index in [0.717, 1.165) is 12.1 Å². The molecule has 1 aromatic carbocycles.